The molecule has 9 nitrogen and oxygen atoms in total. The Labute approximate surface area is 179 Å². The number of hydrogen-bond donors (Lipinski definition) is 3. The Bertz CT molecular complexity index is 1110. The first-order valence-electron chi connectivity index (χ1n) is 9.89. The average molecular weight is 455 g/mol. The predicted octanol–water partition coefficient (Wildman–Crippen LogP) is 2.49. The van der Waals surface area contributed by atoms with Crippen molar-refractivity contribution in [3.63, 3.8) is 0 Å². The van der Waals surface area contributed by atoms with Crippen molar-refractivity contribution < 1.29 is 27.8 Å². The Morgan fingerprint density at radius 3 is 2.72 bits per heavy atom. The minimum Gasteiger partial charge on any atom is -0.390 e. The molecule has 3 aromatic rings. The van der Waals surface area contributed by atoms with E-state index in [0.29, 0.717) is 12.4 Å². The van der Waals surface area contributed by atoms with E-state index in [1.54, 1.807) is 4.90 Å². The van der Waals surface area contributed by atoms with E-state index in [1.807, 2.05) is 0 Å². The number of fused-ring (bicyclic) bond motifs is 1. The molecule has 32 heavy (non-hydrogen) atoms. The summed E-state index contributed by atoms with van der Waals surface area (Å²) in [5.74, 6) is 0.644. The Morgan fingerprint density at radius 1 is 1.25 bits per heavy atom. The van der Waals surface area contributed by atoms with Gasteiger partial charge in [0.15, 0.2) is 0 Å². The molecule has 0 aromatic carbocycles. The molecule has 0 amide bonds. The number of imidazole rings is 1. The first-order chi connectivity index (χ1) is 15.2. The second-order valence-corrected chi connectivity index (χ2v) is 7.52. The van der Waals surface area contributed by atoms with Crippen LogP contribution in [-0.2, 0) is 6.61 Å². The van der Waals surface area contributed by atoms with Crippen molar-refractivity contribution in [2.45, 2.75) is 44.4 Å². The number of hydrogen-bond acceptors (Lipinski definition) is 8. The molecular formula is C19H21F4N7O2. The van der Waals surface area contributed by atoms with E-state index in [4.69, 9.17) is 0 Å². The second kappa shape index (κ2) is 8.47. The number of pyridine rings is 1. The van der Waals surface area contributed by atoms with Crippen molar-refractivity contribution in [1.29, 1.82) is 0 Å². The molecule has 0 bridgehead atoms. The fourth-order valence-electron chi connectivity index (χ4n) is 3.58. The summed E-state index contributed by atoms with van der Waals surface area (Å²) in [5, 5.41) is 21.9. The van der Waals surface area contributed by atoms with E-state index in [-0.39, 0.29) is 41.6 Å². The molecule has 0 saturated carbocycles. The summed E-state index contributed by atoms with van der Waals surface area (Å²) in [6.07, 6.45) is -3.96. The van der Waals surface area contributed by atoms with Gasteiger partial charge in [-0.05, 0) is 19.4 Å². The largest absolute Gasteiger partial charge is 0.408 e. The SMILES string of the molecule is CC(n1c(CO)nc2cnc(Nc3ccnc(N4CC[C@@H](O)[C@@H](F)C4)n3)cc21)C(F)(F)F. The molecule has 1 fully saturated rings. The van der Waals surface area contributed by atoms with Crippen molar-refractivity contribution in [2.24, 2.45) is 0 Å². The number of rotatable bonds is 5. The molecule has 0 spiro atoms. The fourth-order valence-corrected chi connectivity index (χ4v) is 3.58. The van der Waals surface area contributed by atoms with Crippen molar-refractivity contribution in [1.82, 2.24) is 24.5 Å². The number of anilines is 3. The standard InChI is InChI=1S/C19H21F4N7O2/c1-10(19(21,22)23)30-13-6-16(25-7-12(13)26-17(30)9-31)27-15-2-4-24-18(28-15)29-5-3-14(32)11(20)8-29/h2,4,6-7,10-11,14,31-32H,3,5,8-9H2,1H3,(H,24,25,27,28)/t10?,11-,14+/m0/s1. The lowest BCUT2D eigenvalue weighted by Gasteiger charge is -2.32. The van der Waals surface area contributed by atoms with E-state index in [1.165, 1.54) is 24.5 Å². The number of alkyl halides is 4. The van der Waals surface area contributed by atoms with Crippen LogP contribution in [0.15, 0.2) is 24.5 Å². The maximum Gasteiger partial charge on any atom is 0.408 e. The van der Waals surface area contributed by atoms with Gasteiger partial charge in [0.05, 0.1) is 24.4 Å². The van der Waals surface area contributed by atoms with Gasteiger partial charge in [-0.3, -0.25) is 0 Å². The number of aliphatic hydroxyl groups excluding tert-OH is 2. The van der Waals surface area contributed by atoms with E-state index < -0.39 is 31.1 Å². The average Bonchev–Trinajstić information content (AvgIpc) is 3.12. The van der Waals surface area contributed by atoms with Crippen LogP contribution in [0.4, 0.5) is 35.1 Å². The first kappa shape index (κ1) is 22.1. The second-order valence-electron chi connectivity index (χ2n) is 7.52. The van der Waals surface area contributed by atoms with Gasteiger partial charge in [-0.1, -0.05) is 0 Å². The van der Waals surface area contributed by atoms with E-state index in [0.717, 1.165) is 11.5 Å². The minimum atomic E-state index is -4.54. The zero-order chi connectivity index (χ0) is 23.0. The highest BCUT2D eigenvalue weighted by molar-refractivity contribution is 5.79. The Balaban J connectivity index is 1.63. The van der Waals surface area contributed by atoms with Crippen LogP contribution in [0.3, 0.4) is 0 Å². The fraction of sp³-hybridized carbons (Fsp3) is 0.474. The molecule has 0 radical (unpaired) electrons. The highest BCUT2D eigenvalue weighted by Gasteiger charge is 2.39. The Morgan fingerprint density at radius 2 is 2.03 bits per heavy atom. The van der Waals surface area contributed by atoms with Crippen LogP contribution in [0.2, 0.25) is 0 Å². The van der Waals surface area contributed by atoms with Crippen LogP contribution in [0, 0.1) is 0 Å². The summed E-state index contributed by atoms with van der Waals surface area (Å²) in [6.45, 7) is 0.659. The zero-order valence-corrected chi connectivity index (χ0v) is 17.0. The van der Waals surface area contributed by atoms with E-state index in [9.17, 15) is 27.8 Å². The number of aromatic nitrogens is 5. The van der Waals surface area contributed by atoms with Crippen LogP contribution in [0.5, 0.6) is 0 Å². The molecule has 172 valence electrons. The van der Waals surface area contributed by atoms with Crippen molar-refractivity contribution in [3.05, 3.63) is 30.4 Å². The lowest BCUT2D eigenvalue weighted by molar-refractivity contribution is -0.162. The summed E-state index contributed by atoms with van der Waals surface area (Å²) >= 11 is 0. The van der Waals surface area contributed by atoms with Crippen LogP contribution in [0.1, 0.15) is 25.2 Å². The van der Waals surface area contributed by atoms with Crippen LogP contribution in [0.25, 0.3) is 11.0 Å². The zero-order valence-electron chi connectivity index (χ0n) is 17.0. The van der Waals surface area contributed by atoms with Gasteiger partial charge in [0.1, 0.15) is 41.8 Å². The molecule has 3 N–H and O–H groups in total. The number of aliphatic hydroxyl groups is 2. The quantitative estimate of drug-likeness (QED) is 0.503. The molecule has 3 aromatic heterocycles. The molecule has 4 rings (SSSR count). The number of nitrogens with one attached hydrogen (secondary N) is 1. The Hall–Kier alpha value is -3.06. The third-order valence-corrected chi connectivity index (χ3v) is 5.34. The maximum atomic E-state index is 13.8. The summed E-state index contributed by atoms with van der Waals surface area (Å²) < 4.78 is 54.8. The smallest absolute Gasteiger partial charge is 0.390 e. The molecule has 1 unspecified atom stereocenters. The first-order valence-corrected chi connectivity index (χ1v) is 9.89. The van der Waals surface area contributed by atoms with Gasteiger partial charge in [0.2, 0.25) is 5.95 Å². The topological polar surface area (TPSA) is 112 Å². The molecule has 4 heterocycles. The summed E-state index contributed by atoms with van der Waals surface area (Å²) in [5.41, 5.74) is 0.357. The minimum absolute atomic E-state index is 0.0483. The third kappa shape index (κ3) is 4.30. The number of piperidine rings is 1. The van der Waals surface area contributed by atoms with Gasteiger partial charge in [-0.25, -0.2) is 19.3 Å². The summed E-state index contributed by atoms with van der Waals surface area (Å²) in [6, 6.07) is 1.02. The van der Waals surface area contributed by atoms with Gasteiger partial charge in [0, 0.05) is 18.8 Å². The predicted molar refractivity (Wildman–Crippen MR) is 107 cm³/mol. The summed E-state index contributed by atoms with van der Waals surface area (Å²) in [7, 11) is 0. The monoisotopic (exact) mass is 455 g/mol. The van der Waals surface area contributed by atoms with Gasteiger partial charge in [-0.15, -0.1) is 0 Å². The lowest BCUT2D eigenvalue weighted by Crippen LogP contribution is -2.45. The van der Waals surface area contributed by atoms with E-state index >= 15 is 0 Å². The molecule has 3 atom stereocenters. The van der Waals surface area contributed by atoms with Crippen LogP contribution >= 0.6 is 0 Å². The lowest BCUT2D eigenvalue weighted by atomic mass is 10.1. The van der Waals surface area contributed by atoms with Gasteiger partial charge >= 0.3 is 6.18 Å². The third-order valence-electron chi connectivity index (χ3n) is 5.34. The maximum absolute atomic E-state index is 13.8. The Kier molecular flexibility index (Phi) is 5.86. The van der Waals surface area contributed by atoms with Crippen molar-refractivity contribution >= 4 is 28.6 Å². The van der Waals surface area contributed by atoms with Gasteiger partial charge in [-0.2, -0.15) is 18.2 Å². The van der Waals surface area contributed by atoms with Crippen LogP contribution in [-0.4, -0.2) is 66.3 Å². The van der Waals surface area contributed by atoms with Gasteiger partial charge in [0.25, 0.3) is 0 Å². The molecule has 13 heteroatoms. The normalized spacial score (nSPS) is 20.5. The molecule has 1 aliphatic rings. The van der Waals surface area contributed by atoms with Crippen LogP contribution < -0.4 is 10.2 Å². The molecular weight excluding hydrogens is 434 g/mol. The highest BCUT2D eigenvalue weighted by atomic mass is 19.4. The van der Waals surface area contributed by atoms with Crippen molar-refractivity contribution in [2.75, 3.05) is 23.3 Å². The molecule has 1 aliphatic heterocycles. The highest BCUT2D eigenvalue weighted by Crippen LogP contribution is 2.34. The molecule has 1 saturated heterocycles. The number of nitrogens with zero attached hydrogens (tertiary/aromatic N) is 6. The number of halogens is 4. The van der Waals surface area contributed by atoms with Gasteiger partial charge < -0.3 is 25.0 Å². The van der Waals surface area contributed by atoms with Crippen molar-refractivity contribution in [3.8, 4) is 0 Å². The van der Waals surface area contributed by atoms with E-state index in [2.05, 4.69) is 25.3 Å². The summed E-state index contributed by atoms with van der Waals surface area (Å²) in [4.78, 5) is 18.3. The molecule has 0 aliphatic carbocycles.